The molecule has 8 aromatic rings. The Morgan fingerprint density at radius 3 is 2.04 bits per heavy atom. The molecule has 2 saturated heterocycles. The van der Waals surface area contributed by atoms with Crippen LogP contribution in [0.2, 0.25) is 0 Å². The maximum atomic E-state index is 17.2. The summed E-state index contributed by atoms with van der Waals surface area (Å²) in [4.78, 5) is 28.1. The predicted molar refractivity (Wildman–Crippen MR) is 283 cm³/mol. The number of benzene rings is 6. The van der Waals surface area contributed by atoms with Gasteiger partial charge in [0.05, 0.1) is 24.2 Å². The van der Waals surface area contributed by atoms with Crippen LogP contribution in [0, 0.1) is 25.1 Å². The number of amides is 1. The van der Waals surface area contributed by atoms with Gasteiger partial charge in [0.1, 0.15) is 41.0 Å². The molecule has 4 heterocycles. The van der Waals surface area contributed by atoms with E-state index in [0.717, 1.165) is 69.0 Å². The Kier molecular flexibility index (Phi) is 12.4. The van der Waals surface area contributed by atoms with Crippen molar-refractivity contribution in [3.63, 3.8) is 0 Å². The molecular weight excluding hydrogens is 916 g/mol. The summed E-state index contributed by atoms with van der Waals surface area (Å²) in [5.74, 6) is 3.64. The number of rotatable bonds is 14. The van der Waals surface area contributed by atoms with Crippen LogP contribution in [0.15, 0.2) is 134 Å². The Labute approximate surface area is 425 Å². The van der Waals surface area contributed by atoms with E-state index in [1.54, 1.807) is 13.2 Å². The minimum Gasteiger partial charge on any atom is -0.486 e. The van der Waals surface area contributed by atoms with E-state index in [1.807, 2.05) is 123 Å². The van der Waals surface area contributed by atoms with Crippen molar-refractivity contribution in [1.82, 2.24) is 24.6 Å². The van der Waals surface area contributed by atoms with Crippen molar-refractivity contribution < 1.29 is 28.1 Å². The molecule has 2 aliphatic heterocycles. The number of hydrogen-bond donors (Lipinski definition) is 0. The molecule has 3 fully saturated rings. The molecule has 1 amide bonds. The average Bonchev–Trinajstić information content (AvgIpc) is 3.83. The summed E-state index contributed by atoms with van der Waals surface area (Å²) >= 11 is 0. The second kappa shape index (κ2) is 19.0. The highest BCUT2D eigenvalue weighted by atomic mass is 19.1. The van der Waals surface area contributed by atoms with Gasteiger partial charge in [0.15, 0.2) is 5.75 Å². The number of halogens is 1. The predicted octanol–water partition coefficient (Wildman–Crippen LogP) is 12.0. The maximum Gasteiger partial charge on any atom is 0.410 e. The van der Waals surface area contributed by atoms with E-state index in [-0.39, 0.29) is 36.7 Å². The van der Waals surface area contributed by atoms with Crippen LogP contribution in [0.4, 0.5) is 15.0 Å². The lowest BCUT2D eigenvalue weighted by atomic mass is 9.77. The lowest BCUT2D eigenvalue weighted by Gasteiger charge is -2.36. The Balaban J connectivity index is 1.17. The van der Waals surface area contributed by atoms with Gasteiger partial charge in [-0.2, -0.15) is 15.1 Å². The smallest absolute Gasteiger partial charge is 0.410 e. The first-order valence-corrected chi connectivity index (χ1v) is 25.2. The van der Waals surface area contributed by atoms with Crippen molar-refractivity contribution in [2.24, 2.45) is 0 Å². The minimum atomic E-state index is -0.960. The van der Waals surface area contributed by atoms with E-state index in [4.69, 9.17) is 40.4 Å². The summed E-state index contributed by atoms with van der Waals surface area (Å²) in [6, 6.07) is 42.6. The zero-order valence-electron chi connectivity index (χ0n) is 42.1. The fraction of sp³-hybridized carbons (Fsp3) is 0.311. The highest BCUT2D eigenvalue weighted by molar-refractivity contribution is 6.06. The number of likely N-dealkylation sites (tertiary alicyclic amines) is 1. The third-order valence-electron chi connectivity index (χ3n) is 14.5. The zero-order valence-corrected chi connectivity index (χ0v) is 42.1. The van der Waals surface area contributed by atoms with Crippen LogP contribution in [0.25, 0.3) is 32.9 Å². The molecule has 11 nitrogen and oxygen atoms in total. The second-order valence-corrected chi connectivity index (χ2v) is 20.7. The van der Waals surface area contributed by atoms with E-state index in [9.17, 15) is 4.79 Å². The third kappa shape index (κ3) is 8.80. The quantitative estimate of drug-likeness (QED) is 0.0778. The van der Waals surface area contributed by atoms with E-state index >= 15 is 4.39 Å². The fourth-order valence-corrected chi connectivity index (χ4v) is 11.0. The molecule has 2 bridgehead atoms. The Morgan fingerprint density at radius 1 is 0.836 bits per heavy atom. The van der Waals surface area contributed by atoms with Crippen molar-refractivity contribution >= 4 is 33.7 Å². The van der Waals surface area contributed by atoms with Gasteiger partial charge < -0.3 is 28.7 Å². The lowest BCUT2D eigenvalue weighted by molar-refractivity contribution is 0.0214. The number of anilines is 1. The number of terminal acetylenes is 1. The van der Waals surface area contributed by atoms with Crippen molar-refractivity contribution in [2.45, 2.75) is 95.7 Å². The summed E-state index contributed by atoms with van der Waals surface area (Å²) < 4.78 is 44.3. The van der Waals surface area contributed by atoms with Gasteiger partial charge in [-0.15, -0.1) is 6.42 Å². The summed E-state index contributed by atoms with van der Waals surface area (Å²) in [5, 5.41) is 6.94. The molecule has 3 aliphatic rings. The molecule has 12 heteroatoms. The minimum absolute atomic E-state index is 0.0435. The monoisotopic (exact) mass is 974 g/mol. The van der Waals surface area contributed by atoms with Gasteiger partial charge in [0.25, 0.3) is 0 Å². The number of fused-ring (bicyclic) bond motifs is 4. The van der Waals surface area contributed by atoms with Crippen molar-refractivity contribution in [1.29, 1.82) is 0 Å². The van der Waals surface area contributed by atoms with Gasteiger partial charge >= 0.3 is 12.1 Å². The van der Waals surface area contributed by atoms with E-state index < -0.39 is 23.1 Å². The van der Waals surface area contributed by atoms with Gasteiger partial charge in [-0.1, -0.05) is 109 Å². The summed E-state index contributed by atoms with van der Waals surface area (Å²) in [6.45, 7) is 10.9. The first kappa shape index (κ1) is 47.6. The van der Waals surface area contributed by atoms with Crippen LogP contribution in [0.5, 0.6) is 11.8 Å². The van der Waals surface area contributed by atoms with Crippen LogP contribution < -0.4 is 14.4 Å². The number of carbonyl (C=O) groups is 1. The number of nitrogens with zero attached hydrogens (tertiary/aromatic N) is 6. The van der Waals surface area contributed by atoms with Gasteiger partial charge in [0.2, 0.25) is 0 Å². The van der Waals surface area contributed by atoms with Crippen molar-refractivity contribution in [2.75, 3.05) is 31.7 Å². The molecule has 73 heavy (non-hydrogen) atoms. The Bertz CT molecular complexity index is 3290. The molecule has 11 rings (SSSR count). The molecule has 1 aliphatic carbocycles. The van der Waals surface area contributed by atoms with Crippen LogP contribution in [-0.2, 0) is 21.6 Å². The normalized spacial score (nSPS) is 17.0. The van der Waals surface area contributed by atoms with Gasteiger partial charge in [-0.05, 0) is 111 Å². The fourth-order valence-electron chi connectivity index (χ4n) is 11.0. The first-order chi connectivity index (χ1) is 35.3. The molecule has 2 aromatic heterocycles. The topological polar surface area (TPSA) is 104 Å². The molecule has 0 unspecified atom stereocenters. The molecule has 0 spiro atoms. The number of aromatic nitrogens is 4. The summed E-state index contributed by atoms with van der Waals surface area (Å²) in [6.07, 6.45) is 9.78. The zero-order chi connectivity index (χ0) is 50.6. The summed E-state index contributed by atoms with van der Waals surface area (Å²) in [5.41, 5.74) is 6.95. The SMILES string of the molecule is C#Cc1ccc(COc2c(-c3c(C)c(F)cc4nn(C(c5ccccc5)(c5ccccc5)c5ccccc5)cc34)c(C3CC3)cc3c(N4C[C@@H]5C[C@H]4CN5C(=O)OC(C)(C)C)nc(O[C@@H](C)COC)nc23)cc1. The van der Waals surface area contributed by atoms with Crippen LogP contribution in [0.1, 0.15) is 91.8 Å². The second-order valence-electron chi connectivity index (χ2n) is 20.7. The number of carbonyl (C=O) groups excluding carboxylic acids is 1. The highest BCUT2D eigenvalue weighted by Crippen LogP contribution is 2.54. The average molecular weight is 975 g/mol. The maximum absolute atomic E-state index is 17.2. The highest BCUT2D eigenvalue weighted by Gasteiger charge is 2.48. The van der Waals surface area contributed by atoms with Gasteiger partial charge in [-0.25, -0.2) is 9.18 Å². The number of ether oxygens (including phenoxy) is 4. The van der Waals surface area contributed by atoms with Gasteiger partial charge in [0, 0.05) is 59.9 Å². The van der Waals surface area contributed by atoms with Crippen molar-refractivity contribution in [3.8, 4) is 35.2 Å². The number of hydrogen-bond acceptors (Lipinski definition) is 9. The largest absolute Gasteiger partial charge is 0.486 e. The molecule has 6 aromatic carbocycles. The first-order valence-electron chi connectivity index (χ1n) is 25.2. The Morgan fingerprint density at radius 2 is 1.48 bits per heavy atom. The van der Waals surface area contributed by atoms with Crippen LogP contribution in [0.3, 0.4) is 0 Å². The van der Waals surface area contributed by atoms with E-state index in [2.05, 4.69) is 59.5 Å². The molecule has 370 valence electrons. The standard InChI is InChI=1S/C61H59FN6O5/c1-8-40-24-26-41(27-25-40)37-71-56-54(53-39(3)51(62)32-52-50(53)35-68(65-52)61(43-18-12-9-13-19-43,44-20-14-10-15-21-44)45-22-16-11-17-23-45)48(42-28-29-42)31-49-55(56)63-58(72-38(2)36-70-7)64-57(49)66-33-47-30-46(66)34-67(47)59(69)73-60(4,5)6/h1,9-27,31-32,35,38,42,46-47H,28-30,33-34,36-37H2,2-7H3/t38-,46-,47-/m0/s1. The van der Waals surface area contributed by atoms with E-state index in [1.165, 1.54) is 0 Å². The molecule has 3 atom stereocenters. The molecular formula is C61H59FN6O5. The van der Waals surface area contributed by atoms with Crippen molar-refractivity contribution in [3.05, 3.63) is 178 Å². The Hall–Kier alpha value is -7.75. The number of methoxy groups -OCH3 is 1. The van der Waals surface area contributed by atoms with Gasteiger partial charge in [-0.3, -0.25) is 4.68 Å². The van der Waals surface area contributed by atoms with Crippen LogP contribution >= 0.6 is 0 Å². The molecule has 0 radical (unpaired) electrons. The number of piperazine rings is 1. The molecule has 1 saturated carbocycles. The van der Waals surface area contributed by atoms with E-state index in [0.29, 0.717) is 53.4 Å². The third-order valence-corrected chi connectivity index (χ3v) is 14.5. The molecule has 0 N–H and O–H groups in total. The van der Waals surface area contributed by atoms with Crippen LogP contribution in [-0.4, -0.2) is 81.3 Å². The summed E-state index contributed by atoms with van der Waals surface area (Å²) in [7, 11) is 1.63. The lowest BCUT2D eigenvalue weighted by Crippen LogP contribution is -2.50.